The molecule has 0 aliphatic heterocycles. The molecule has 0 spiro atoms. The normalized spacial score (nSPS) is 10.6. The van der Waals surface area contributed by atoms with Gasteiger partial charge < -0.3 is 20.0 Å². The maximum absolute atomic E-state index is 13.3. The van der Waals surface area contributed by atoms with Crippen LogP contribution in [0.15, 0.2) is 36.1 Å². The average Bonchev–Trinajstić information content (AvgIpc) is 3.19. The molecule has 0 bridgehead atoms. The SMILES string of the molecule is O=C(Cn1cnc([N+](=O)[O-])c1)Nc1nc(-c2ccc(F)c(F)c2)cs1. The Kier molecular flexibility index (Phi) is 4.48. The predicted molar refractivity (Wildman–Crippen MR) is 85.0 cm³/mol. The van der Waals surface area contributed by atoms with E-state index < -0.39 is 22.5 Å². The summed E-state index contributed by atoms with van der Waals surface area (Å²) in [5.74, 6) is -2.76. The van der Waals surface area contributed by atoms with Gasteiger partial charge in [-0.25, -0.2) is 13.8 Å². The van der Waals surface area contributed by atoms with Crippen LogP contribution in [0.4, 0.5) is 19.7 Å². The van der Waals surface area contributed by atoms with E-state index in [1.54, 1.807) is 5.38 Å². The Labute approximate surface area is 142 Å². The van der Waals surface area contributed by atoms with Gasteiger partial charge in [-0.1, -0.05) is 0 Å². The largest absolute Gasteiger partial charge is 0.381 e. The van der Waals surface area contributed by atoms with Gasteiger partial charge in [0.1, 0.15) is 12.7 Å². The Morgan fingerprint density at radius 3 is 2.84 bits per heavy atom. The first kappa shape index (κ1) is 16.6. The van der Waals surface area contributed by atoms with Gasteiger partial charge in [0.15, 0.2) is 16.8 Å². The van der Waals surface area contributed by atoms with E-state index in [-0.39, 0.29) is 17.5 Å². The number of halogens is 2. The van der Waals surface area contributed by atoms with Crippen LogP contribution >= 0.6 is 11.3 Å². The van der Waals surface area contributed by atoms with E-state index in [0.717, 1.165) is 29.7 Å². The van der Waals surface area contributed by atoms with Crippen molar-refractivity contribution in [3.8, 4) is 11.3 Å². The number of carbonyl (C=O) groups is 1. The summed E-state index contributed by atoms with van der Waals surface area (Å²) in [5, 5.41) is 14.9. The summed E-state index contributed by atoms with van der Waals surface area (Å²) in [6.45, 7) is -0.180. The van der Waals surface area contributed by atoms with E-state index >= 15 is 0 Å². The Morgan fingerprint density at radius 1 is 1.36 bits per heavy atom. The van der Waals surface area contributed by atoms with Gasteiger partial charge in [0.05, 0.1) is 5.69 Å². The summed E-state index contributed by atoms with van der Waals surface area (Å²) in [5.41, 5.74) is 0.762. The number of imidazole rings is 1. The molecule has 2 heterocycles. The van der Waals surface area contributed by atoms with Gasteiger partial charge in [-0.2, -0.15) is 0 Å². The lowest BCUT2D eigenvalue weighted by molar-refractivity contribution is -0.389. The van der Waals surface area contributed by atoms with Gasteiger partial charge in [-0.3, -0.25) is 4.79 Å². The molecule has 3 aromatic rings. The third kappa shape index (κ3) is 3.83. The topological polar surface area (TPSA) is 103 Å². The van der Waals surface area contributed by atoms with Gasteiger partial charge >= 0.3 is 5.82 Å². The molecule has 0 radical (unpaired) electrons. The quantitative estimate of drug-likeness (QED) is 0.553. The number of thiazole rings is 1. The molecule has 0 fully saturated rings. The highest BCUT2D eigenvalue weighted by Crippen LogP contribution is 2.26. The third-order valence-electron chi connectivity index (χ3n) is 3.10. The Bertz CT molecular complexity index is 956. The van der Waals surface area contributed by atoms with Gasteiger partial charge in [-0.15, -0.1) is 11.3 Å². The molecule has 1 N–H and O–H groups in total. The van der Waals surface area contributed by atoms with Crippen molar-refractivity contribution in [2.24, 2.45) is 0 Å². The van der Waals surface area contributed by atoms with Crippen molar-refractivity contribution in [3.05, 3.63) is 57.9 Å². The van der Waals surface area contributed by atoms with Gasteiger partial charge in [0, 0.05) is 10.9 Å². The number of aromatic nitrogens is 3. The molecule has 11 heteroatoms. The Morgan fingerprint density at radius 2 is 2.16 bits per heavy atom. The molecule has 25 heavy (non-hydrogen) atoms. The standard InChI is InChI=1S/C14H9F2N5O3S/c15-9-2-1-8(3-10(9)16)11-6-25-14(18-11)19-13(22)5-20-4-12(17-7-20)21(23)24/h1-4,6-7H,5H2,(H,18,19,22). The maximum Gasteiger partial charge on any atom is 0.381 e. The summed E-state index contributed by atoms with van der Waals surface area (Å²) in [4.78, 5) is 29.5. The van der Waals surface area contributed by atoms with Crippen molar-refractivity contribution in [2.45, 2.75) is 6.54 Å². The average molecular weight is 365 g/mol. The zero-order valence-corrected chi connectivity index (χ0v) is 13.2. The highest BCUT2D eigenvalue weighted by atomic mass is 32.1. The lowest BCUT2D eigenvalue weighted by Crippen LogP contribution is -2.17. The van der Waals surface area contributed by atoms with E-state index in [1.807, 2.05) is 0 Å². The fourth-order valence-electron chi connectivity index (χ4n) is 1.97. The van der Waals surface area contributed by atoms with Crippen LogP contribution in [0.25, 0.3) is 11.3 Å². The van der Waals surface area contributed by atoms with E-state index in [0.29, 0.717) is 11.3 Å². The summed E-state index contributed by atoms with van der Waals surface area (Å²) in [6, 6.07) is 3.39. The van der Waals surface area contributed by atoms with Crippen molar-refractivity contribution in [1.29, 1.82) is 0 Å². The molecule has 1 amide bonds. The molecule has 0 atom stereocenters. The monoisotopic (exact) mass is 365 g/mol. The highest BCUT2D eigenvalue weighted by molar-refractivity contribution is 7.14. The minimum absolute atomic E-state index is 0.180. The fourth-order valence-corrected chi connectivity index (χ4v) is 2.71. The second-order valence-corrected chi connectivity index (χ2v) is 5.73. The number of hydrogen-bond acceptors (Lipinski definition) is 6. The molecule has 0 unspecified atom stereocenters. The lowest BCUT2D eigenvalue weighted by atomic mass is 10.2. The molecular weight excluding hydrogens is 356 g/mol. The molecule has 0 saturated heterocycles. The second kappa shape index (κ2) is 6.73. The van der Waals surface area contributed by atoms with Crippen molar-refractivity contribution >= 4 is 28.2 Å². The smallest absolute Gasteiger partial charge is 0.358 e. The van der Waals surface area contributed by atoms with E-state index in [2.05, 4.69) is 15.3 Å². The first-order valence-electron chi connectivity index (χ1n) is 6.79. The number of nitrogens with zero attached hydrogens (tertiary/aromatic N) is 4. The van der Waals surface area contributed by atoms with Crippen molar-refractivity contribution < 1.29 is 18.5 Å². The predicted octanol–water partition coefficient (Wildman–Crippen LogP) is 2.83. The summed E-state index contributed by atoms with van der Waals surface area (Å²) < 4.78 is 27.5. The van der Waals surface area contributed by atoms with Crippen LogP contribution in [0.2, 0.25) is 0 Å². The van der Waals surface area contributed by atoms with Crippen LogP contribution in [-0.4, -0.2) is 25.4 Å². The van der Waals surface area contributed by atoms with Gasteiger partial charge in [0.25, 0.3) is 0 Å². The van der Waals surface area contributed by atoms with Crippen LogP contribution in [0, 0.1) is 21.7 Å². The van der Waals surface area contributed by atoms with Crippen LogP contribution in [0.1, 0.15) is 0 Å². The summed E-state index contributed by atoms with van der Waals surface area (Å²) in [7, 11) is 0. The van der Waals surface area contributed by atoms with Crippen molar-refractivity contribution in [3.63, 3.8) is 0 Å². The first-order chi connectivity index (χ1) is 11.9. The van der Waals surface area contributed by atoms with Crippen LogP contribution in [-0.2, 0) is 11.3 Å². The first-order valence-corrected chi connectivity index (χ1v) is 7.67. The van der Waals surface area contributed by atoms with E-state index in [1.165, 1.54) is 17.0 Å². The third-order valence-corrected chi connectivity index (χ3v) is 3.86. The molecule has 0 aliphatic carbocycles. The number of hydrogen-bond donors (Lipinski definition) is 1. The van der Waals surface area contributed by atoms with E-state index in [9.17, 15) is 23.7 Å². The number of anilines is 1. The van der Waals surface area contributed by atoms with Gasteiger partial charge in [0.2, 0.25) is 12.2 Å². The molecule has 1 aromatic carbocycles. The minimum Gasteiger partial charge on any atom is -0.358 e. The number of amides is 1. The van der Waals surface area contributed by atoms with Crippen LogP contribution in [0.5, 0.6) is 0 Å². The summed E-state index contributed by atoms with van der Waals surface area (Å²) in [6.07, 6.45) is 2.31. The number of rotatable bonds is 5. The number of nitro groups is 1. The molecule has 8 nitrogen and oxygen atoms in total. The van der Waals surface area contributed by atoms with Crippen LogP contribution in [0.3, 0.4) is 0 Å². The molecule has 0 saturated carbocycles. The highest BCUT2D eigenvalue weighted by Gasteiger charge is 2.14. The molecule has 3 rings (SSSR count). The second-order valence-electron chi connectivity index (χ2n) is 4.88. The Balaban J connectivity index is 1.66. The van der Waals surface area contributed by atoms with Crippen molar-refractivity contribution in [1.82, 2.24) is 14.5 Å². The molecule has 128 valence electrons. The zero-order valence-electron chi connectivity index (χ0n) is 12.3. The molecule has 2 aromatic heterocycles. The number of benzene rings is 1. The summed E-state index contributed by atoms with van der Waals surface area (Å²) >= 11 is 1.11. The number of carbonyl (C=O) groups excluding carboxylic acids is 1. The lowest BCUT2D eigenvalue weighted by Gasteiger charge is -2.01. The van der Waals surface area contributed by atoms with Gasteiger partial charge in [-0.05, 0) is 28.1 Å². The Hall–Kier alpha value is -3.21. The zero-order chi connectivity index (χ0) is 18.0. The number of nitrogens with one attached hydrogen (secondary N) is 1. The minimum atomic E-state index is -0.988. The van der Waals surface area contributed by atoms with Crippen LogP contribution < -0.4 is 5.32 Å². The molecule has 0 aliphatic rings. The fraction of sp³-hybridized carbons (Fsp3) is 0.0714. The maximum atomic E-state index is 13.3. The van der Waals surface area contributed by atoms with Crippen molar-refractivity contribution in [2.75, 3.05) is 5.32 Å². The molecular formula is C14H9F2N5O3S. The van der Waals surface area contributed by atoms with E-state index in [4.69, 9.17) is 0 Å².